The molecule has 284 valence electrons. The highest BCUT2D eigenvalue weighted by molar-refractivity contribution is 6.22. The second kappa shape index (κ2) is 15.4. The summed E-state index contributed by atoms with van der Waals surface area (Å²) in [6.45, 7) is 4.00. The van der Waals surface area contributed by atoms with E-state index < -0.39 is 0 Å². The van der Waals surface area contributed by atoms with Crippen LogP contribution in [-0.4, -0.2) is 22.4 Å². The first-order valence-corrected chi connectivity index (χ1v) is 20.4. The maximum absolute atomic E-state index is 6.56. The molecule has 7 aromatic carbocycles. The molecule has 0 amide bonds. The fourth-order valence-corrected chi connectivity index (χ4v) is 8.37. The van der Waals surface area contributed by atoms with Crippen LogP contribution in [0.2, 0.25) is 0 Å². The lowest BCUT2D eigenvalue weighted by atomic mass is 10.0. The summed E-state index contributed by atoms with van der Waals surface area (Å²) in [7, 11) is 0. The molecule has 2 aromatic heterocycles. The Morgan fingerprint density at radius 2 is 1.20 bits per heavy atom. The van der Waals surface area contributed by atoms with E-state index in [1.807, 2.05) is 32.0 Å². The number of aliphatic imine (C=N–C) groups is 2. The fraction of sp³-hybridized carbons (Fsp3) is 0.0741. The molecule has 59 heavy (non-hydrogen) atoms. The first-order valence-electron chi connectivity index (χ1n) is 20.4. The fourth-order valence-electron chi connectivity index (χ4n) is 8.37. The monoisotopic (exact) mass is 762 g/mol. The molecule has 2 aliphatic rings. The Bertz CT molecular complexity index is 3110. The van der Waals surface area contributed by atoms with Gasteiger partial charge in [-0.1, -0.05) is 172 Å². The number of hydrogen-bond acceptors (Lipinski definition) is 4. The van der Waals surface area contributed by atoms with E-state index >= 15 is 0 Å². The third-order valence-corrected chi connectivity index (χ3v) is 11.1. The third kappa shape index (κ3) is 6.57. The van der Waals surface area contributed by atoms with E-state index in [0.717, 1.165) is 62.1 Å². The summed E-state index contributed by atoms with van der Waals surface area (Å²) in [5.74, 6) is 1.43. The number of fused-ring (bicyclic) bond motifs is 6. The van der Waals surface area contributed by atoms with Crippen molar-refractivity contribution < 1.29 is 4.42 Å². The van der Waals surface area contributed by atoms with Crippen molar-refractivity contribution in [2.24, 2.45) is 9.98 Å². The van der Waals surface area contributed by atoms with Gasteiger partial charge in [-0.15, -0.1) is 0 Å². The summed E-state index contributed by atoms with van der Waals surface area (Å²) in [4.78, 5) is 10.6. The zero-order valence-corrected chi connectivity index (χ0v) is 33.0. The third-order valence-electron chi connectivity index (χ3n) is 11.1. The smallest absolute Gasteiger partial charge is 0.159 e. The average molecular weight is 763 g/mol. The van der Waals surface area contributed by atoms with Gasteiger partial charge in [0.15, 0.2) is 5.84 Å². The van der Waals surface area contributed by atoms with E-state index in [4.69, 9.17) is 14.4 Å². The molecule has 11 rings (SSSR count). The SMILES string of the molecule is C1=CC(C2N=C(c3ccc(-c4ccccc4)cc3)N=C(c3cccc4oc5ccc(-n6c7ccccc7c7ccccc76)cc5c34)N2)=CCC=C1c1ccccc1.CC. The first kappa shape index (κ1) is 35.9. The molecular formula is C54H42N4O. The summed E-state index contributed by atoms with van der Waals surface area (Å²) >= 11 is 0. The molecule has 0 fully saturated rings. The quantitative estimate of drug-likeness (QED) is 0.183. The van der Waals surface area contributed by atoms with Gasteiger partial charge >= 0.3 is 0 Å². The number of aromatic nitrogens is 1. The highest BCUT2D eigenvalue weighted by atomic mass is 16.3. The van der Waals surface area contributed by atoms with Gasteiger partial charge in [0.05, 0.1) is 11.0 Å². The van der Waals surface area contributed by atoms with Crippen LogP contribution in [0.3, 0.4) is 0 Å². The van der Waals surface area contributed by atoms with Crippen LogP contribution < -0.4 is 5.32 Å². The van der Waals surface area contributed by atoms with Crippen molar-refractivity contribution in [2.75, 3.05) is 0 Å². The predicted octanol–water partition coefficient (Wildman–Crippen LogP) is 13.5. The molecule has 3 heterocycles. The van der Waals surface area contributed by atoms with Gasteiger partial charge in [0.25, 0.3) is 0 Å². The zero-order valence-electron chi connectivity index (χ0n) is 33.0. The van der Waals surface area contributed by atoms with E-state index in [2.05, 4.69) is 186 Å². The van der Waals surface area contributed by atoms with Crippen LogP contribution in [0, 0.1) is 0 Å². The number of benzene rings is 7. The lowest BCUT2D eigenvalue weighted by molar-refractivity contribution is 0.668. The van der Waals surface area contributed by atoms with Crippen molar-refractivity contribution in [3.05, 3.63) is 216 Å². The molecule has 5 heteroatoms. The van der Waals surface area contributed by atoms with E-state index in [1.165, 1.54) is 38.5 Å². The molecule has 9 aromatic rings. The Morgan fingerprint density at radius 1 is 0.559 bits per heavy atom. The van der Waals surface area contributed by atoms with Crippen molar-refractivity contribution in [2.45, 2.75) is 26.4 Å². The zero-order chi connectivity index (χ0) is 39.7. The standard InChI is InChI=1S/C52H36N4O.C2H6/c1-3-13-34(14-4-1)36-17-11-18-38(28-25-36)50-53-51(39-29-26-37(27-30-39)35-15-5-2-6-16-35)55-52(54-50)43-21-12-24-48-49(43)44-33-40(31-32-47(44)57-48)56-45-22-9-7-19-41(45)42-20-8-10-23-46(42)56;1-2/h1-10,12-33,50H,11H2,(H,53,54,55);1-2H3. The van der Waals surface area contributed by atoms with Gasteiger partial charge in [0.1, 0.15) is 23.2 Å². The minimum atomic E-state index is -0.359. The summed E-state index contributed by atoms with van der Waals surface area (Å²) in [5.41, 5.74) is 12.8. The second-order valence-electron chi connectivity index (χ2n) is 14.5. The van der Waals surface area contributed by atoms with Crippen LogP contribution in [0.15, 0.2) is 214 Å². The number of nitrogens with zero attached hydrogens (tertiary/aromatic N) is 3. The van der Waals surface area contributed by atoms with Gasteiger partial charge in [-0.3, -0.25) is 0 Å². The Hall–Kier alpha value is -7.50. The molecule has 1 aliphatic heterocycles. The van der Waals surface area contributed by atoms with Gasteiger partial charge in [-0.05, 0) is 70.7 Å². The molecule has 1 unspecified atom stereocenters. The molecule has 0 saturated heterocycles. The van der Waals surface area contributed by atoms with Crippen LogP contribution in [0.5, 0.6) is 0 Å². The molecule has 1 aliphatic carbocycles. The minimum absolute atomic E-state index is 0.359. The number of allylic oxidation sites excluding steroid dienone is 4. The maximum atomic E-state index is 6.56. The van der Waals surface area contributed by atoms with Gasteiger partial charge < -0.3 is 14.3 Å². The second-order valence-corrected chi connectivity index (χ2v) is 14.5. The topological polar surface area (TPSA) is 54.8 Å². The summed E-state index contributed by atoms with van der Waals surface area (Å²) in [6.07, 6.45) is 9.36. The number of amidine groups is 2. The molecular weight excluding hydrogens is 721 g/mol. The highest BCUT2D eigenvalue weighted by Crippen LogP contribution is 2.37. The first-order chi connectivity index (χ1) is 29.2. The van der Waals surface area contributed by atoms with Crippen molar-refractivity contribution in [3.63, 3.8) is 0 Å². The van der Waals surface area contributed by atoms with Crippen LogP contribution in [-0.2, 0) is 0 Å². The summed E-state index contributed by atoms with van der Waals surface area (Å²) < 4.78 is 8.91. The number of nitrogens with one attached hydrogen (secondary N) is 1. The Labute approximate surface area is 343 Å². The lowest BCUT2D eigenvalue weighted by Gasteiger charge is -2.24. The minimum Gasteiger partial charge on any atom is -0.456 e. The number of hydrogen-bond donors (Lipinski definition) is 1. The molecule has 1 atom stereocenters. The predicted molar refractivity (Wildman–Crippen MR) is 248 cm³/mol. The van der Waals surface area contributed by atoms with Crippen LogP contribution >= 0.6 is 0 Å². The largest absolute Gasteiger partial charge is 0.456 e. The van der Waals surface area contributed by atoms with E-state index in [9.17, 15) is 0 Å². The highest BCUT2D eigenvalue weighted by Gasteiger charge is 2.25. The van der Waals surface area contributed by atoms with Gasteiger partial charge in [0.2, 0.25) is 0 Å². The number of rotatable bonds is 6. The average Bonchev–Trinajstić information content (AvgIpc) is 3.74. The molecule has 0 spiro atoms. The van der Waals surface area contributed by atoms with Crippen LogP contribution in [0.1, 0.15) is 37.0 Å². The Balaban J connectivity index is 0.00000207. The lowest BCUT2D eigenvalue weighted by Crippen LogP contribution is -2.40. The number of furan rings is 1. The van der Waals surface area contributed by atoms with Crippen LogP contribution in [0.25, 0.3) is 66.1 Å². The normalized spacial score (nSPS) is 15.2. The van der Waals surface area contributed by atoms with Crippen molar-refractivity contribution in [1.82, 2.24) is 9.88 Å². The maximum Gasteiger partial charge on any atom is 0.159 e. The molecule has 5 nitrogen and oxygen atoms in total. The van der Waals surface area contributed by atoms with E-state index in [-0.39, 0.29) is 6.17 Å². The summed E-state index contributed by atoms with van der Waals surface area (Å²) in [6, 6.07) is 59.5. The van der Waals surface area contributed by atoms with E-state index in [1.54, 1.807) is 0 Å². The van der Waals surface area contributed by atoms with Gasteiger partial charge in [-0.2, -0.15) is 0 Å². The van der Waals surface area contributed by atoms with Crippen molar-refractivity contribution in [1.29, 1.82) is 0 Å². The molecule has 0 saturated carbocycles. The van der Waals surface area contributed by atoms with E-state index in [0.29, 0.717) is 5.84 Å². The molecule has 1 N–H and O–H groups in total. The molecule has 0 radical (unpaired) electrons. The molecule has 0 bridgehead atoms. The van der Waals surface area contributed by atoms with Crippen LogP contribution in [0.4, 0.5) is 0 Å². The number of para-hydroxylation sites is 2. The summed E-state index contributed by atoms with van der Waals surface area (Å²) in [5, 5.41) is 8.27. The van der Waals surface area contributed by atoms with Gasteiger partial charge in [-0.25, -0.2) is 9.98 Å². The van der Waals surface area contributed by atoms with Crippen molar-refractivity contribution >= 4 is 61.0 Å². The Morgan fingerprint density at radius 3 is 1.93 bits per heavy atom. The van der Waals surface area contributed by atoms with Gasteiger partial charge in [0, 0.05) is 38.4 Å². The van der Waals surface area contributed by atoms with Crippen molar-refractivity contribution in [3.8, 4) is 16.8 Å². The Kier molecular flexibility index (Phi) is 9.39.